The van der Waals surface area contributed by atoms with Gasteiger partial charge in [0.05, 0.1) is 11.9 Å². The van der Waals surface area contributed by atoms with E-state index in [1.165, 1.54) is 11.5 Å². The van der Waals surface area contributed by atoms with Crippen molar-refractivity contribution in [1.82, 2.24) is 25.1 Å². The van der Waals surface area contributed by atoms with Gasteiger partial charge in [-0.05, 0) is 18.5 Å². The Morgan fingerprint density at radius 3 is 3.21 bits per heavy atom. The zero-order valence-corrected chi connectivity index (χ0v) is 8.58. The lowest BCUT2D eigenvalue weighted by Gasteiger charge is -2.09. The maximum atomic E-state index is 3.95. The molecule has 0 saturated carbocycles. The van der Waals surface area contributed by atoms with Gasteiger partial charge in [0.2, 0.25) is 0 Å². The van der Waals surface area contributed by atoms with Gasteiger partial charge in [0.25, 0.3) is 0 Å². The molecule has 0 spiro atoms. The van der Waals surface area contributed by atoms with Crippen LogP contribution in [0.1, 0.15) is 24.2 Å². The normalized spacial score (nSPS) is 12.9. The Bertz CT molecular complexity index is 355. The molecule has 2 rings (SSSR count). The van der Waals surface area contributed by atoms with E-state index in [1.807, 2.05) is 17.8 Å². The van der Waals surface area contributed by atoms with Gasteiger partial charge in [-0.15, -0.1) is 5.10 Å². The molecule has 0 fully saturated rings. The molecule has 2 heterocycles. The van der Waals surface area contributed by atoms with Crippen LogP contribution in [-0.4, -0.2) is 19.8 Å². The molecule has 1 unspecified atom stereocenters. The molecule has 5 nitrogen and oxygen atoms in total. The maximum absolute atomic E-state index is 3.95. The van der Waals surface area contributed by atoms with E-state index in [2.05, 4.69) is 32.0 Å². The summed E-state index contributed by atoms with van der Waals surface area (Å²) in [6.45, 7) is 2.83. The first-order valence-electron chi connectivity index (χ1n) is 4.34. The van der Waals surface area contributed by atoms with Crippen LogP contribution < -0.4 is 5.32 Å². The SMILES string of the molecule is CC(NCc1csnn1)c1cn[nH]c1. The number of rotatable bonds is 4. The Morgan fingerprint density at radius 1 is 1.64 bits per heavy atom. The van der Waals surface area contributed by atoms with Crippen molar-refractivity contribution in [2.75, 3.05) is 0 Å². The van der Waals surface area contributed by atoms with Crippen molar-refractivity contribution in [3.63, 3.8) is 0 Å². The Hall–Kier alpha value is -1.27. The molecule has 1 atom stereocenters. The highest BCUT2D eigenvalue weighted by Gasteiger charge is 2.06. The predicted octanol–water partition coefficient (Wildman–Crippen LogP) is 1.11. The number of hydrogen-bond acceptors (Lipinski definition) is 5. The first-order valence-corrected chi connectivity index (χ1v) is 5.18. The monoisotopic (exact) mass is 209 g/mol. The van der Waals surface area contributed by atoms with E-state index in [0.717, 1.165) is 17.8 Å². The zero-order chi connectivity index (χ0) is 9.80. The van der Waals surface area contributed by atoms with Crippen molar-refractivity contribution in [3.05, 3.63) is 29.0 Å². The predicted molar refractivity (Wildman–Crippen MR) is 53.8 cm³/mol. The van der Waals surface area contributed by atoms with Crippen LogP contribution in [0.15, 0.2) is 17.8 Å². The van der Waals surface area contributed by atoms with Gasteiger partial charge in [0.1, 0.15) is 0 Å². The minimum absolute atomic E-state index is 0.274. The van der Waals surface area contributed by atoms with Gasteiger partial charge in [-0.25, -0.2) is 0 Å². The Kier molecular flexibility index (Phi) is 2.85. The Labute approximate surface area is 85.7 Å². The van der Waals surface area contributed by atoms with Crippen LogP contribution in [0.5, 0.6) is 0 Å². The fourth-order valence-corrected chi connectivity index (χ4v) is 1.59. The molecule has 74 valence electrons. The van der Waals surface area contributed by atoms with Crippen LogP contribution in [0.2, 0.25) is 0 Å². The molecule has 6 heteroatoms. The third kappa shape index (κ3) is 2.15. The summed E-state index contributed by atoms with van der Waals surface area (Å²) in [7, 11) is 0. The zero-order valence-electron chi connectivity index (χ0n) is 7.77. The lowest BCUT2D eigenvalue weighted by atomic mass is 10.2. The lowest BCUT2D eigenvalue weighted by molar-refractivity contribution is 0.567. The van der Waals surface area contributed by atoms with Crippen molar-refractivity contribution in [1.29, 1.82) is 0 Å². The van der Waals surface area contributed by atoms with Gasteiger partial charge < -0.3 is 5.32 Å². The minimum atomic E-state index is 0.274. The first kappa shape index (κ1) is 9.29. The summed E-state index contributed by atoms with van der Waals surface area (Å²) >= 11 is 1.37. The summed E-state index contributed by atoms with van der Waals surface area (Å²) in [5.41, 5.74) is 2.12. The van der Waals surface area contributed by atoms with Gasteiger partial charge in [-0.1, -0.05) is 4.49 Å². The fourth-order valence-electron chi connectivity index (χ4n) is 1.13. The molecule has 0 aromatic carbocycles. The summed E-state index contributed by atoms with van der Waals surface area (Å²) in [5.74, 6) is 0. The van der Waals surface area contributed by atoms with E-state index in [4.69, 9.17) is 0 Å². The van der Waals surface area contributed by atoms with Crippen LogP contribution in [0.25, 0.3) is 0 Å². The van der Waals surface area contributed by atoms with Crippen LogP contribution in [0.3, 0.4) is 0 Å². The molecule has 0 saturated heterocycles. The van der Waals surface area contributed by atoms with Gasteiger partial charge >= 0.3 is 0 Å². The molecule has 2 aromatic heterocycles. The van der Waals surface area contributed by atoms with Gasteiger partial charge in [0, 0.05) is 29.7 Å². The molecule has 2 aromatic rings. The molecule has 14 heavy (non-hydrogen) atoms. The molecule has 0 aliphatic heterocycles. The number of H-pyrrole nitrogens is 1. The molecule has 0 aliphatic rings. The standard InChI is InChI=1S/C8H11N5S/c1-6(7-2-10-11-3-7)9-4-8-5-14-13-12-8/h2-3,5-6,9H,4H2,1H3,(H,10,11). The van der Waals surface area contributed by atoms with Crippen LogP contribution in [-0.2, 0) is 6.54 Å². The van der Waals surface area contributed by atoms with E-state index in [-0.39, 0.29) is 6.04 Å². The third-order valence-corrected chi connectivity index (χ3v) is 2.57. The Morgan fingerprint density at radius 2 is 2.57 bits per heavy atom. The summed E-state index contributed by atoms with van der Waals surface area (Å²) in [6.07, 6.45) is 3.70. The number of nitrogens with one attached hydrogen (secondary N) is 2. The van der Waals surface area contributed by atoms with Gasteiger partial charge in [-0.3, -0.25) is 5.10 Å². The summed E-state index contributed by atoms with van der Waals surface area (Å²) in [4.78, 5) is 0. The van der Waals surface area contributed by atoms with Crippen molar-refractivity contribution in [3.8, 4) is 0 Å². The highest BCUT2D eigenvalue weighted by Crippen LogP contribution is 2.09. The average molecular weight is 209 g/mol. The van der Waals surface area contributed by atoms with Crippen molar-refractivity contribution in [2.45, 2.75) is 19.5 Å². The van der Waals surface area contributed by atoms with E-state index in [0.29, 0.717) is 0 Å². The molecule has 0 radical (unpaired) electrons. The summed E-state index contributed by atoms with van der Waals surface area (Å²) < 4.78 is 3.80. The van der Waals surface area contributed by atoms with Crippen LogP contribution in [0.4, 0.5) is 0 Å². The molecule has 2 N–H and O–H groups in total. The third-order valence-electron chi connectivity index (χ3n) is 2.01. The largest absolute Gasteiger partial charge is 0.304 e. The summed E-state index contributed by atoms with van der Waals surface area (Å²) in [5, 5.41) is 15.9. The van der Waals surface area contributed by atoms with E-state index < -0.39 is 0 Å². The highest BCUT2D eigenvalue weighted by atomic mass is 32.1. The second-order valence-corrected chi connectivity index (χ2v) is 3.64. The molecular formula is C8H11N5S. The van der Waals surface area contributed by atoms with Crippen molar-refractivity contribution in [2.24, 2.45) is 0 Å². The maximum Gasteiger partial charge on any atom is 0.0893 e. The minimum Gasteiger partial charge on any atom is -0.304 e. The quantitative estimate of drug-likeness (QED) is 0.791. The van der Waals surface area contributed by atoms with Crippen LogP contribution in [0, 0.1) is 0 Å². The topological polar surface area (TPSA) is 66.5 Å². The van der Waals surface area contributed by atoms with Crippen molar-refractivity contribution >= 4 is 11.5 Å². The lowest BCUT2D eigenvalue weighted by Crippen LogP contribution is -2.17. The van der Waals surface area contributed by atoms with Crippen LogP contribution >= 0.6 is 11.5 Å². The van der Waals surface area contributed by atoms with Gasteiger partial charge in [-0.2, -0.15) is 5.10 Å². The van der Waals surface area contributed by atoms with E-state index in [9.17, 15) is 0 Å². The molecule has 0 aliphatic carbocycles. The molecule has 0 amide bonds. The Balaban J connectivity index is 1.87. The number of hydrogen-bond donors (Lipinski definition) is 2. The fraction of sp³-hybridized carbons (Fsp3) is 0.375. The number of nitrogens with zero attached hydrogens (tertiary/aromatic N) is 3. The van der Waals surface area contributed by atoms with E-state index in [1.54, 1.807) is 0 Å². The first-order chi connectivity index (χ1) is 6.86. The highest BCUT2D eigenvalue weighted by molar-refractivity contribution is 7.03. The van der Waals surface area contributed by atoms with Gasteiger partial charge in [0.15, 0.2) is 0 Å². The number of aromatic nitrogens is 4. The second-order valence-electron chi connectivity index (χ2n) is 3.03. The molecular weight excluding hydrogens is 198 g/mol. The van der Waals surface area contributed by atoms with E-state index >= 15 is 0 Å². The average Bonchev–Trinajstić information content (AvgIpc) is 2.87. The summed E-state index contributed by atoms with van der Waals surface area (Å²) in [6, 6.07) is 0.274. The smallest absolute Gasteiger partial charge is 0.0893 e. The van der Waals surface area contributed by atoms with Crippen molar-refractivity contribution < 1.29 is 0 Å². The second kappa shape index (κ2) is 4.30. The number of aromatic amines is 1. The molecule has 0 bridgehead atoms.